The fraction of sp³-hybridized carbons (Fsp3) is 1.00. The molecule has 0 aliphatic carbocycles. The minimum Gasteiger partial charge on any atom is -0.327 e. The van der Waals surface area contributed by atoms with Gasteiger partial charge in [-0.1, -0.05) is 27.7 Å². The molecule has 2 N–H and O–H groups in total. The fourth-order valence-corrected chi connectivity index (χ4v) is 2.02. The molecule has 0 saturated heterocycles. The second-order valence-electron chi connectivity index (χ2n) is 4.80. The summed E-state index contributed by atoms with van der Waals surface area (Å²) in [5.41, 5.74) is 5.87. The summed E-state index contributed by atoms with van der Waals surface area (Å²) in [4.78, 5) is 2.55. The first-order valence-corrected chi connectivity index (χ1v) is 6.00. The Balaban J connectivity index is 4.20. The number of nitrogens with two attached hydrogens (primary N) is 1. The monoisotopic (exact) mass is 200 g/mol. The van der Waals surface area contributed by atoms with Crippen LogP contribution in [0.3, 0.4) is 0 Å². The predicted molar refractivity (Wildman–Crippen MR) is 64.4 cm³/mol. The van der Waals surface area contributed by atoms with E-state index in [0.29, 0.717) is 6.04 Å². The van der Waals surface area contributed by atoms with Crippen LogP contribution >= 0.6 is 0 Å². The average molecular weight is 200 g/mol. The van der Waals surface area contributed by atoms with E-state index in [0.717, 1.165) is 12.5 Å². The third-order valence-electron chi connectivity index (χ3n) is 2.58. The van der Waals surface area contributed by atoms with Gasteiger partial charge in [0.15, 0.2) is 0 Å². The predicted octanol–water partition coefficient (Wildman–Crippen LogP) is 2.48. The highest BCUT2D eigenvalue weighted by molar-refractivity contribution is 4.73. The molecule has 86 valence electrons. The van der Waals surface area contributed by atoms with E-state index < -0.39 is 0 Å². The molecule has 14 heavy (non-hydrogen) atoms. The maximum atomic E-state index is 5.87. The van der Waals surface area contributed by atoms with E-state index in [1.54, 1.807) is 0 Å². The number of rotatable bonds is 7. The molecule has 0 saturated carbocycles. The van der Waals surface area contributed by atoms with Crippen LogP contribution in [0, 0.1) is 5.92 Å². The summed E-state index contributed by atoms with van der Waals surface area (Å²) < 4.78 is 0. The van der Waals surface area contributed by atoms with Gasteiger partial charge in [0.2, 0.25) is 0 Å². The summed E-state index contributed by atoms with van der Waals surface area (Å²) >= 11 is 0. The lowest BCUT2D eigenvalue weighted by atomic mass is 10.1. The first kappa shape index (κ1) is 13.9. The first-order valence-electron chi connectivity index (χ1n) is 6.00. The summed E-state index contributed by atoms with van der Waals surface area (Å²) in [6.45, 7) is 13.4. The highest BCUT2D eigenvalue weighted by Gasteiger charge is 2.16. The van der Waals surface area contributed by atoms with Gasteiger partial charge in [-0.15, -0.1) is 0 Å². The van der Waals surface area contributed by atoms with Crippen molar-refractivity contribution < 1.29 is 0 Å². The van der Waals surface area contributed by atoms with Crippen molar-refractivity contribution >= 4 is 0 Å². The quantitative estimate of drug-likeness (QED) is 0.684. The van der Waals surface area contributed by atoms with Crippen molar-refractivity contribution in [2.45, 2.75) is 59.5 Å². The molecular formula is C12H28N2. The standard InChI is InChI=1S/C12H28N2/c1-6-12(7-2)14(8-10(3)4)9-11(5)13/h10-12H,6-9,13H2,1-5H3/t11-/m1/s1. The van der Waals surface area contributed by atoms with Gasteiger partial charge in [-0.25, -0.2) is 0 Å². The zero-order valence-electron chi connectivity index (χ0n) is 10.6. The van der Waals surface area contributed by atoms with Crippen molar-refractivity contribution in [3.8, 4) is 0 Å². The van der Waals surface area contributed by atoms with Gasteiger partial charge >= 0.3 is 0 Å². The van der Waals surface area contributed by atoms with Crippen molar-refractivity contribution in [3.05, 3.63) is 0 Å². The van der Waals surface area contributed by atoms with Gasteiger partial charge in [0, 0.05) is 25.2 Å². The molecular weight excluding hydrogens is 172 g/mol. The molecule has 0 aromatic carbocycles. The van der Waals surface area contributed by atoms with Gasteiger partial charge in [0.05, 0.1) is 0 Å². The Morgan fingerprint density at radius 1 is 1.00 bits per heavy atom. The van der Waals surface area contributed by atoms with Gasteiger partial charge in [-0.05, 0) is 25.7 Å². The summed E-state index contributed by atoms with van der Waals surface area (Å²) in [7, 11) is 0. The lowest BCUT2D eigenvalue weighted by molar-refractivity contribution is 0.158. The molecule has 0 aliphatic heterocycles. The van der Waals surface area contributed by atoms with E-state index in [4.69, 9.17) is 5.73 Å². The lowest BCUT2D eigenvalue weighted by Gasteiger charge is -2.33. The molecule has 1 atom stereocenters. The van der Waals surface area contributed by atoms with Gasteiger partial charge in [-0.2, -0.15) is 0 Å². The van der Waals surface area contributed by atoms with Gasteiger partial charge in [-0.3, -0.25) is 4.90 Å². The van der Waals surface area contributed by atoms with Crippen molar-refractivity contribution in [1.29, 1.82) is 0 Å². The Morgan fingerprint density at radius 3 is 1.79 bits per heavy atom. The highest BCUT2D eigenvalue weighted by Crippen LogP contribution is 2.11. The number of nitrogens with zero attached hydrogens (tertiary/aromatic N) is 1. The van der Waals surface area contributed by atoms with Crippen LogP contribution in [0.25, 0.3) is 0 Å². The highest BCUT2D eigenvalue weighted by atomic mass is 15.2. The van der Waals surface area contributed by atoms with Gasteiger partial charge in [0.1, 0.15) is 0 Å². The molecule has 0 fully saturated rings. The minimum absolute atomic E-state index is 0.286. The van der Waals surface area contributed by atoms with E-state index >= 15 is 0 Å². The molecule has 0 heterocycles. The zero-order valence-corrected chi connectivity index (χ0v) is 10.6. The van der Waals surface area contributed by atoms with E-state index in [1.807, 2.05) is 0 Å². The van der Waals surface area contributed by atoms with Crippen LogP contribution in [0.5, 0.6) is 0 Å². The second-order valence-corrected chi connectivity index (χ2v) is 4.80. The molecule has 0 radical (unpaired) electrons. The first-order chi connectivity index (χ1) is 6.51. The van der Waals surface area contributed by atoms with Crippen LogP contribution in [-0.4, -0.2) is 30.1 Å². The Hall–Kier alpha value is -0.0800. The van der Waals surface area contributed by atoms with Crippen molar-refractivity contribution in [2.24, 2.45) is 11.7 Å². The van der Waals surface area contributed by atoms with E-state index in [9.17, 15) is 0 Å². The van der Waals surface area contributed by atoms with Crippen molar-refractivity contribution in [3.63, 3.8) is 0 Å². The third-order valence-corrected chi connectivity index (χ3v) is 2.58. The maximum Gasteiger partial charge on any atom is 0.0139 e. The van der Waals surface area contributed by atoms with Crippen molar-refractivity contribution in [2.75, 3.05) is 13.1 Å². The van der Waals surface area contributed by atoms with Crippen LogP contribution in [0.2, 0.25) is 0 Å². The Labute approximate surface area is 89.9 Å². The summed E-state index contributed by atoms with van der Waals surface area (Å²) in [5, 5.41) is 0. The van der Waals surface area contributed by atoms with E-state index in [1.165, 1.54) is 19.4 Å². The van der Waals surface area contributed by atoms with Crippen LogP contribution in [0.1, 0.15) is 47.5 Å². The second kappa shape index (κ2) is 7.24. The normalized spacial score (nSPS) is 14.4. The Bertz CT molecular complexity index is 118. The SMILES string of the molecule is CCC(CC)N(CC(C)C)C[C@@H](C)N. The molecule has 0 spiro atoms. The molecule has 0 unspecified atom stereocenters. The summed E-state index contributed by atoms with van der Waals surface area (Å²) in [5.74, 6) is 0.731. The van der Waals surface area contributed by atoms with E-state index in [-0.39, 0.29) is 6.04 Å². The molecule has 2 nitrogen and oxygen atoms in total. The van der Waals surface area contributed by atoms with Gasteiger partial charge in [0.25, 0.3) is 0 Å². The lowest BCUT2D eigenvalue weighted by Crippen LogP contribution is -2.43. The molecule has 2 heteroatoms. The molecule has 0 aliphatic rings. The molecule has 0 bridgehead atoms. The number of hydrogen-bond donors (Lipinski definition) is 1. The maximum absolute atomic E-state index is 5.87. The summed E-state index contributed by atoms with van der Waals surface area (Å²) in [6, 6.07) is 0.998. The average Bonchev–Trinajstić information content (AvgIpc) is 2.03. The van der Waals surface area contributed by atoms with Crippen LogP contribution in [0.4, 0.5) is 0 Å². The molecule has 0 amide bonds. The van der Waals surface area contributed by atoms with Crippen LogP contribution in [-0.2, 0) is 0 Å². The third kappa shape index (κ3) is 5.61. The van der Waals surface area contributed by atoms with Crippen LogP contribution < -0.4 is 5.73 Å². The van der Waals surface area contributed by atoms with E-state index in [2.05, 4.69) is 39.5 Å². The smallest absolute Gasteiger partial charge is 0.0139 e. The molecule has 0 aromatic heterocycles. The number of hydrogen-bond acceptors (Lipinski definition) is 2. The largest absolute Gasteiger partial charge is 0.327 e. The fourth-order valence-electron chi connectivity index (χ4n) is 2.02. The topological polar surface area (TPSA) is 29.3 Å². The van der Waals surface area contributed by atoms with Crippen molar-refractivity contribution in [1.82, 2.24) is 4.90 Å². The summed E-state index contributed by atoms with van der Waals surface area (Å²) in [6.07, 6.45) is 2.46. The zero-order chi connectivity index (χ0) is 11.1. The minimum atomic E-state index is 0.286. The Morgan fingerprint density at radius 2 is 1.50 bits per heavy atom. The van der Waals surface area contributed by atoms with Crippen LogP contribution in [0.15, 0.2) is 0 Å². The molecule has 0 aromatic rings. The Kier molecular flexibility index (Phi) is 7.20. The van der Waals surface area contributed by atoms with Gasteiger partial charge < -0.3 is 5.73 Å². The molecule has 0 rings (SSSR count).